The van der Waals surface area contributed by atoms with E-state index in [4.69, 9.17) is 14.5 Å². The Hall–Kier alpha value is -3.84. The summed E-state index contributed by atoms with van der Waals surface area (Å²) in [6.07, 6.45) is -0.398. The highest BCUT2D eigenvalue weighted by atomic mass is 16.5. The number of aliphatic hydroxyl groups is 1. The number of rotatable bonds is 8. The molecule has 1 aliphatic heterocycles. The van der Waals surface area contributed by atoms with Crippen LogP contribution in [0.3, 0.4) is 0 Å². The molecule has 2 atom stereocenters. The highest BCUT2D eigenvalue weighted by Gasteiger charge is 2.36. The molecule has 0 aliphatic carbocycles. The van der Waals surface area contributed by atoms with E-state index in [1.807, 2.05) is 84.3 Å². The van der Waals surface area contributed by atoms with Gasteiger partial charge in [0.2, 0.25) is 5.91 Å². The molecule has 0 radical (unpaired) electrons. The maximum Gasteiger partial charge on any atom is 0.227 e. The molecule has 0 spiro atoms. The van der Waals surface area contributed by atoms with Crippen molar-refractivity contribution in [2.75, 3.05) is 25.2 Å². The minimum Gasteiger partial charge on any atom is -0.495 e. The number of hydrogen-bond donors (Lipinski definition) is 1. The first-order valence-electron chi connectivity index (χ1n) is 11.8. The number of para-hydroxylation sites is 5. The molecule has 0 bridgehead atoms. The number of benzene rings is 3. The molecule has 1 aromatic heterocycles. The summed E-state index contributed by atoms with van der Waals surface area (Å²) >= 11 is 0. The van der Waals surface area contributed by atoms with E-state index < -0.39 is 6.10 Å². The second kappa shape index (κ2) is 9.80. The van der Waals surface area contributed by atoms with Gasteiger partial charge in [-0.1, -0.05) is 42.5 Å². The van der Waals surface area contributed by atoms with E-state index in [0.29, 0.717) is 25.3 Å². The van der Waals surface area contributed by atoms with Gasteiger partial charge in [0.1, 0.15) is 30.0 Å². The minimum atomic E-state index is -0.742. The summed E-state index contributed by atoms with van der Waals surface area (Å²) in [7, 11) is 1.61. The van der Waals surface area contributed by atoms with Gasteiger partial charge in [-0.3, -0.25) is 4.79 Å². The molecule has 7 nitrogen and oxygen atoms in total. The normalized spacial score (nSPS) is 16.6. The zero-order valence-electron chi connectivity index (χ0n) is 19.9. The number of fused-ring (bicyclic) bond motifs is 1. The summed E-state index contributed by atoms with van der Waals surface area (Å²) in [6, 6.07) is 23.2. The van der Waals surface area contributed by atoms with Crippen LogP contribution in [0.2, 0.25) is 0 Å². The highest BCUT2D eigenvalue weighted by molar-refractivity contribution is 5.97. The van der Waals surface area contributed by atoms with Crippen LogP contribution in [-0.2, 0) is 11.3 Å². The minimum absolute atomic E-state index is 0.0292. The molecule has 1 N–H and O–H groups in total. The lowest BCUT2D eigenvalue weighted by Gasteiger charge is -2.20. The topological polar surface area (TPSA) is 76.8 Å². The summed E-state index contributed by atoms with van der Waals surface area (Å²) in [5, 5.41) is 10.9. The fourth-order valence-electron chi connectivity index (χ4n) is 4.73. The Morgan fingerprint density at radius 2 is 1.74 bits per heavy atom. The van der Waals surface area contributed by atoms with Gasteiger partial charge < -0.3 is 24.0 Å². The Balaban J connectivity index is 1.40. The summed E-state index contributed by atoms with van der Waals surface area (Å²) in [5.41, 5.74) is 3.56. The van der Waals surface area contributed by atoms with Gasteiger partial charge in [0.05, 0.1) is 30.4 Å². The molecule has 5 rings (SSSR count). The van der Waals surface area contributed by atoms with Gasteiger partial charge in [0, 0.05) is 18.9 Å². The zero-order valence-corrected chi connectivity index (χ0v) is 19.9. The number of carbonyl (C=O) groups is 1. The molecule has 7 heteroatoms. The largest absolute Gasteiger partial charge is 0.495 e. The van der Waals surface area contributed by atoms with Crippen molar-refractivity contribution in [2.24, 2.45) is 0 Å². The third kappa shape index (κ3) is 4.59. The molecule has 35 heavy (non-hydrogen) atoms. The SMILES string of the molecule is COc1ccccc1N1CC(c2nc3ccccc3n2CC(O)COc2ccccc2C)CC1=O. The second-order valence-electron chi connectivity index (χ2n) is 8.88. The van der Waals surface area contributed by atoms with Gasteiger partial charge in [0.15, 0.2) is 0 Å². The van der Waals surface area contributed by atoms with Crippen molar-refractivity contribution in [3.63, 3.8) is 0 Å². The first-order valence-corrected chi connectivity index (χ1v) is 11.8. The summed E-state index contributed by atoms with van der Waals surface area (Å²) in [4.78, 5) is 19.7. The van der Waals surface area contributed by atoms with E-state index in [9.17, 15) is 9.90 Å². The van der Waals surface area contributed by atoms with Gasteiger partial charge in [-0.05, 0) is 42.8 Å². The van der Waals surface area contributed by atoms with Crippen molar-refractivity contribution in [2.45, 2.75) is 31.9 Å². The Morgan fingerprint density at radius 3 is 2.54 bits per heavy atom. The molecule has 0 saturated carbocycles. The number of aromatic nitrogens is 2. The summed E-state index contributed by atoms with van der Waals surface area (Å²) < 4.78 is 13.4. The fraction of sp³-hybridized carbons (Fsp3) is 0.286. The van der Waals surface area contributed by atoms with Crippen LogP contribution in [0.4, 0.5) is 5.69 Å². The molecule has 4 aromatic rings. The maximum absolute atomic E-state index is 13.0. The third-order valence-corrected chi connectivity index (χ3v) is 6.47. The monoisotopic (exact) mass is 471 g/mol. The molecule has 1 fully saturated rings. The van der Waals surface area contributed by atoms with Crippen molar-refractivity contribution in [1.29, 1.82) is 0 Å². The zero-order chi connectivity index (χ0) is 24.4. The van der Waals surface area contributed by atoms with Crippen LogP contribution in [0.25, 0.3) is 11.0 Å². The standard InChI is InChI=1S/C28H29N3O4/c1-19-9-3-7-13-25(19)35-18-21(32)17-31-23-11-5-4-10-22(23)29-28(31)20-15-27(33)30(16-20)24-12-6-8-14-26(24)34-2/h3-14,20-21,32H,15-18H2,1-2H3. The smallest absolute Gasteiger partial charge is 0.227 e. The Labute approximate surface area is 204 Å². The van der Waals surface area contributed by atoms with Crippen LogP contribution in [0, 0.1) is 6.92 Å². The number of anilines is 1. The Kier molecular flexibility index (Phi) is 6.42. The molecule has 2 unspecified atom stereocenters. The van der Waals surface area contributed by atoms with Gasteiger partial charge in [-0.2, -0.15) is 0 Å². The molecule has 1 amide bonds. The van der Waals surface area contributed by atoms with E-state index in [1.54, 1.807) is 12.0 Å². The molecular formula is C28H29N3O4. The number of ether oxygens (including phenoxy) is 2. The number of amides is 1. The van der Waals surface area contributed by atoms with Crippen molar-refractivity contribution in [3.05, 3.63) is 84.2 Å². The predicted octanol–water partition coefficient (Wildman–Crippen LogP) is 4.31. The number of hydrogen-bond acceptors (Lipinski definition) is 5. The summed E-state index contributed by atoms with van der Waals surface area (Å²) in [5.74, 6) is 2.15. The first kappa shape index (κ1) is 22.9. The van der Waals surface area contributed by atoms with E-state index in [2.05, 4.69) is 0 Å². The molecule has 180 valence electrons. The van der Waals surface area contributed by atoms with E-state index in [-0.39, 0.29) is 18.4 Å². The Morgan fingerprint density at radius 1 is 1.03 bits per heavy atom. The van der Waals surface area contributed by atoms with Crippen LogP contribution < -0.4 is 14.4 Å². The number of methoxy groups -OCH3 is 1. The second-order valence-corrected chi connectivity index (χ2v) is 8.88. The number of carbonyl (C=O) groups excluding carboxylic acids is 1. The van der Waals surface area contributed by atoms with Crippen LogP contribution in [0.15, 0.2) is 72.8 Å². The average Bonchev–Trinajstić information content (AvgIpc) is 3.44. The molecular weight excluding hydrogens is 442 g/mol. The predicted molar refractivity (Wildman–Crippen MR) is 135 cm³/mol. The van der Waals surface area contributed by atoms with Gasteiger partial charge in [0.25, 0.3) is 0 Å². The van der Waals surface area contributed by atoms with E-state index >= 15 is 0 Å². The quantitative estimate of drug-likeness (QED) is 0.414. The summed E-state index contributed by atoms with van der Waals surface area (Å²) in [6.45, 7) is 2.96. The highest BCUT2D eigenvalue weighted by Crippen LogP contribution is 2.37. The lowest BCUT2D eigenvalue weighted by molar-refractivity contribution is -0.117. The fourth-order valence-corrected chi connectivity index (χ4v) is 4.73. The molecule has 2 heterocycles. The van der Waals surface area contributed by atoms with Crippen LogP contribution in [0.1, 0.15) is 23.7 Å². The van der Waals surface area contributed by atoms with Crippen molar-refractivity contribution >= 4 is 22.6 Å². The number of aliphatic hydroxyl groups excluding tert-OH is 1. The molecule has 1 aliphatic rings. The number of aryl methyl sites for hydroxylation is 1. The third-order valence-electron chi connectivity index (χ3n) is 6.47. The van der Waals surface area contributed by atoms with E-state index in [1.165, 1.54) is 0 Å². The van der Waals surface area contributed by atoms with Crippen molar-refractivity contribution in [1.82, 2.24) is 9.55 Å². The van der Waals surface area contributed by atoms with Crippen LogP contribution in [-0.4, -0.2) is 46.9 Å². The lowest BCUT2D eigenvalue weighted by Crippen LogP contribution is -2.27. The number of nitrogens with zero attached hydrogens (tertiary/aromatic N) is 3. The van der Waals surface area contributed by atoms with Gasteiger partial charge in [-0.15, -0.1) is 0 Å². The Bertz CT molecular complexity index is 1350. The first-order chi connectivity index (χ1) is 17.0. The van der Waals surface area contributed by atoms with E-state index in [0.717, 1.165) is 33.9 Å². The number of imidazole rings is 1. The lowest BCUT2D eigenvalue weighted by atomic mass is 10.1. The van der Waals surface area contributed by atoms with Gasteiger partial charge in [-0.25, -0.2) is 4.98 Å². The van der Waals surface area contributed by atoms with Crippen molar-refractivity contribution < 1.29 is 19.4 Å². The van der Waals surface area contributed by atoms with Crippen LogP contribution in [0.5, 0.6) is 11.5 Å². The average molecular weight is 472 g/mol. The van der Waals surface area contributed by atoms with Gasteiger partial charge >= 0.3 is 0 Å². The molecule has 1 saturated heterocycles. The molecule has 3 aromatic carbocycles. The van der Waals surface area contributed by atoms with Crippen LogP contribution >= 0.6 is 0 Å². The van der Waals surface area contributed by atoms with Crippen molar-refractivity contribution in [3.8, 4) is 11.5 Å². The maximum atomic E-state index is 13.0.